The minimum Gasteiger partial charge on any atom is -0.489 e. The Morgan fingerprint density at radius 1 is 1.09 bits per heavy atom. The summed E-state index contributed by atoms with van der Waals surface area (Å²) in [4.78, 5) is 26.4. The molecule has 2 heterocycles. The number of benzene rings is 2. The third-order valence-electron chi connectivity index (χ3n) is 5.83. The lowest BCUT2D eigenvalue weighted by Crippen LogP contribution is -2.37. The van der Waals surface area contributed by atoms with Crippen LogP contribution < -0.4 is 15.8 Å². The number of carbonyl (C=O) groups excluding carboxylic acids is 2. The van der Waals surface area contributed by atoms with E-state index in [1.54, 1.807) is 11.0 Å². The smallest absolute Gasteiger partial charge is 0.410 e. The summed E-state index contributed by atoms with van der Waals surface area (Å²) in [6, 6.07) is 13.4. The van der Waals surface area contributed by atoms with Gasteiger partial charge in [0, 0.05) is 30.9 Å². The van der Waals surface area contributed by atoms with Gasteiger partial charge in [0.1, 0.15) is 18.0 Å². The van der Waals surface area contributed by atoms with Crippen LogP contribution in [0.2, 0.25) is 0 Å². The van der Waals surface area contributed by atoms with Crippen molar-refractivity contribution in [3.63, 3.8) is 0 Å². The molecular formula is C26H31N3O4. The number of amides is 2. The first-order valence-corrected chi connectivity index (χ1v) is 11.3. The highest BCUT2D eigenvalue weighted by Gasteiger charge is 2.26. The molecule has 2 aromatic carbocycles. The molecule has 0 saturated carbocycles. The van der Waals surface area contributed by atoms with Gasteiger partial charge in [0.25, 0.3) is 5.91 Å². The van der Waals surface area contributed by atoms with Crippen molar-refractivity contribution >= 4 is 23.3 Å². The number of nitrogens with one attached hydrogen (secondary N) is 1. The SMILES string of the molecule is CC(C)(C)OC(=O)N1CCC(COc2ccc3c(c2)C(=O)NC3)=C(c2ccc(N)cc2)CC1. The second-order valence-electron chi connectivity index (χ2n) is 9.46. The summed E-state index contributed by atoms with van der Waals surface area (Å²) in [7, 11) is 0. The van der Waals surface area contributed by atoms with Gasteiger partial charge in [-0.15, -0.1) is 0 Å². The number of nitrogens with two attached hydrogens (primary N) is 1. The van der Waals surface area contributed by atoms with Gasteiger partial charge in [0.2, 0.25) is 0 Å². The van der Waals surface area contributed by atoms with Crippen molar-refractivity contribution in [2.45, 2.75) is 45.8 Å². The molecule has 2 amide bonds. The fourth-order valence-electron chi connectivity index (χ4n) is 4.11. The van der Waals surface area contributed by atoms with Gasteiger partial charge in [-0.25, -0.2) is 4.79 Å². The Bertz CT molecular complexity index is 1080. The van der Waals surface area contributed by atoms with Crippen LogP contribution in [0.3, 0.4) is 0 Å². The molecule has 0 unspecified atom stereocenters. The van der Waals surface area contributed by atoms with E-state index in [2.05, 4.69) is 5.32 Å². The van der Waals surface area contributed by atoms with Crippen molar-refractivity contribution in [3.8, 4) is 5.75 Å². The van der Waals surface area contributed by atoms with Crippen LogP contribution in [-0.4, -0.2) is 42.2 Å². The highest BCUT2D eigenvalue weighted by molar-refractivity contribution is 5.98. The number of nitrogen functional groups attached to an aromatic ring is 1. The quantitative estimate of drug-likeness (QED) is 0.676. The molecule has 3 N–H and O–H groups in total. The molecule has 2 aromatic rings. The molecule has 0 radical (unpaired) electrons. The van der Waals surface area contributed by atoms with Crippen LogP contribution in [-0.2, 0) is 11.3 Å². The van der Waals surface area contributed by atoms with Crippen molar-refractivity contribution in [1.82, 2.24) is 10.2 Å². The van der Waals surface area contributed by atoms with E-state index >= 15 is 0 Å². The Hall–Kier alpha value is -3.48. The van der Waals surface area contributed by atoms with Gasteiger partial charge in [-0.05, 0) is 80.2 Å². The van der Waals surface area contributed by atoms with E-state index in [1.807, 2.05) is 57.2 Å². The number of carbonyl (C=O) groups is 2. The first-order valence-electron chi connectivity index (χ1n) is 11.3. The highest BCUT2D eigenvalue weighted by Crippen LogP contribution is 2.30. The van der Waals surface area contributed by atoms with Crippen molar-refractivity contribution < 1.29 is 19.1 Å². The lowest BCUT2D eigenvalue weighted by molar-refractivity contribution is 0.0259. The third kappa shape index (κ3) is 5.48. The van der Waals surface area contributed by atoms with Gasteiger partial charge in [-0.1, -0.05) is 18.2 Å². The monoisotopic (exact) mass is 449 g/mol. The zero-order valence-corrected chi connectivity index (χ0v) is 19.4. The van der Waals surface area contributed by atoms with Crippen LogP contribution in [0, 0.1) is 0 Å². The molecule has 0 saturated heterocycles. The number of nitrogens with zero attached hydrogens (tertiary/aromatic N) is 1. The van der Waals surface area contributed by atoms with Crippen molar-refractivity contribution in [2.24, 2.45) is 0 Å². The molecule has 33 heavy (non-hydrogen) atoms. The predicted molar refractivity (Wildman–Crippen MR) is 128 cm³/mol. The number of ether oxygens (including phenoxy) is 2. The summed E-state index contributed by atoms with van der Waals surface area (Å²) in [5, 5.41) is 2.83. The largest absolute Gasteiger partial charge is 0.489 e. The van der Waals surface area contributed by atoms with E-state index < -0.39 is 5.60 Å². The molecule has 4 rings (SSSR count). The molecule has 2 aliphatic rings. The van der Waals surface area contributed by atoms with E-state index in [1.165, 1.54) is 0 Å². The predicted octanol–water partition coefficient (Wildman–Crippen LogP) is 4.38. The highest BCUT2D eigenvalue weighted by atomic mass is 16.6. The Morgan fingerprint density at radius 2 is 1.82 bits per heavy atom. The summed E-state index contributed by atoms with van der Waals surface area (Å²) in [6.07, 6.45) is 1.06. The van der Waals surface area contributed by atoms with Gasteiger partial charge < -0.3 is 25.4 Å². The first-order chi connectivity index (χ1) is 15.7. The van der Waals surface area contributed by atoms with E-state index in [0.717, 1.165) is 22.3 Å². The van der Waals surface area contributed by atoms with Gasteiger partial charge in [-0.3, -0.25) is 4.79 Å². The first kappa shape index (κ1) is 22.7. The van der Waals surface area contributed by atoms with Gasteiger partial charge in [0.15, 0.2) is 0 Å². The fraction of sp³-hybridized carbons (Fsp3) is 0.385. The number of rotatable bonds is 4. The van der Waals surface area contributed by atoms with Crippen molar-refractivity contribution in [2.75, 3.05) is 25.4 Å². The summed E-state index contributed by atoms with van der Waals surface area (Å²) >= 11 is 0. The van der Waals surface area contributed by atoms with Gasteiger partial charge in [0.05, 0.1) is 0 Å². The Labute approximate surface area is 194 Å². The van der Waals surface area contributed by atoms with Crippen LogP contribution >= 0.6 is 0 Å². The molecule has 0 fully saturated rings. The van der Waals surface area contributed by atoms with Gasteiger partial charge >= 0.3 is 6.09 Å². The summed E-state index contributed by atoms with van der Waals surface area (Å²) in [6.45, 7) is 7.67. The van der Waals surface area contributed by atoms with Crippen LogP contribution in [0.25, 0.3) is 5.57 Å². The normalized spacial score (nSPS) is 16.2. The van der Waals surface area contributed by atoms with Crippen molar-refractivity contribution in [1.29, 1.82) is 0 Å². The zero-order valence-electron chi connectivity index (χ0n) is 19.4. The Balaban J connectivity index is 1.54. The maximum atomic E-state index is 12.7. The Kier molecular flexibility index (Phi) is 6.31. The van der Waals surface area contributed by atoms with Crippen molar-refractivity contribution in [3.05, 3.63) is 64.7 Å². The molecule has 2 aliphatic heterocycles. The fourth-order valence-corrected chi connectivity index (χ4v) is 4.11. The summed E-state index contributed by atoms with van der Waals surface area (Å²) < 4.78 is 11.7. The lowest BCUT2D eigenvalue weighted by atomic mass is 9.96. The molecule has 7 heteroatoms. The van der Waals surface area contributed by atoms with Gasteiger partial charge in [-0.2, -0.15) is 0 Å². The number of fused-ring (bicyclic) bond motifs is 1. The molecule has 7 nitrogen and oxygen atoms in total. The molecule has 0 aromatic heterocycles. The number of hydrogen-bond acceptors (Lipinski definition) is 5. The number of anilines is 1. The standard InChI is InChI=1S/C26H31N3O4/c1-26(2,3)33-25(31)29-12-10-19(22(11-13-29)17-4-7-20(27)8-5-17)16-32-21-9-6-18-15-28-24(30)23(18)14-21/h4-9,14H,10-13,15-16,27H2,1-3H3,(H,28,30). The maximum absolute atomic E-state index is 12.7. The van der Waals surface area contributed by atoms with Crippen LogP contribution in [0.5, 0.6) is 5.75 Å². The summed E-state index contributed by atoms with van der Waals surface area (Å²) in [5.74, 6) is 0.586. The topological polar surface area (TPSA) is 93.9 Å². The van der Waals surface area contributed by atoms with E-state index in [4.69, 9.17) is 15.2 Å². The minimum absolute atomic E-state index is 0.0697. The lowest BCUT2D eigenvalue weighted by Gasteiger charge is -2.26. The molecule has 0 spiro atoms. The molecule has 174 valence electrons. The van der Waals surface area contributed by atoms with Crippen LogP contribution in [0.15, 0.2) is 48.0 Å². The van der Waals surface area contributed by atoms with E-state index in [0.29, 0.717) is 56.1 Å². The molecular weight excluding hydrogens is 418 g/mol. The van der Waals surface area contributed by atoms with E-state index in [9.17, 15) is 9.59 Å². The Morgan fingerprint density at radius 3 is 2.55 bits per heavy atom. The maximum Gasteiger partial charge on any atom is 0.410 e. The third-order valence-corrected chi connectivity index (χ3v) is 5.83. The second kappa shape index (κ2) is 9.17. The average Bonchev–Trinajstić information content (AvgIpc) is 2.99. The minimum atomic E-state index is -0.539. The molecule has 0 bridgehead atoms. The molecule has 0 aliphatic carbocycles. The average molecular weight is 450 g/mol. The molecule has 0 atom stereocenters. The second-order valence-corrected chi connectivity index (χ2v) is 9.46. The zero-order chi connectivity index (χ0) is 23.6. The summed E-state index contributed by atoms with van der Waals surface area (Å²) in [5.41, 5.74) is 11.0. The van der Waals surface area contributed by atoms with E-state index in [-0.39, 0.29) is 12.0 Å². The van der Waals surface area contributed by atoms with Crippen LogP contribution in [0.4, 0.5) is 10.5 Å². The number of hydrogen-bond donors (Lipinski definition) is 2. The van der Waals surface area contributed by atoms with Crippen LogP contribution in [0.1, 0.15) is 55.1 Å².